The molecule has 0 aliphatic heterocycles. The Morgan fingerprint density at radius 3 is 2.83 bits per heavy atom. The second-order valence-electron chi connectivity index (χ2n) is 6.01. The molecule has 2 aromatic heterocycles. The molecular formula is C19H20FN7OS. The average Bonchev–Trinajstić information content (AvgIpc) is 3.20. The van der Waals surface area contributed by atoms with Crippen LogP contribution >= 0.6 is 11.8 Å². The minimum atomic E-state index is -0.271. The van der Waals surface area contributed by atoms with Crippen LogP contribution < -0.4 is 10.7 Å². The molecule has 0 radical (unpaired) electrons. The molecule has 0 atom stereocenters. The molecule has 1 amide bonds. The highest BCUT2D eigenvalue weighted by Gasteiger charge is 2.08. The van der Waals surface area contributed by atoms with Crippen LogP contribution in [0.25, 0.3) is 0 Å². The Hall–Kier alpha value is -3.27. The molecule has 29 heavy (non-hydrogen) atoms. The summed E-state index contributed by atoms with van der Waals surface area (Å²) in [5, 5.41) is 14.2. The molecule has 2 heterocycles. The molecule has 3 aromatic rings. The van der Waals surface area contributed by atoms with Gasteiger partial charge in [-0.15, -0.1) is 5.10 Å². The van der Waals surface area contributed by atoms with E-state index >= 15 is 0 Å². The van der Waals surface area contributed by atoms with Gasteiger partial charge in [-0.3, -0.25) is 9.78 Å². The Morgan fingerprint density at radius 1 is 1.24 bits per heavy atom. The molecule has 3 N–H and O–H groups in total. The fourth-order valence-electron chi connectivity index (χ4n) is 2.31. The number of nitrogens with one attached hydrogen (secondary N) is 3. The monoisotopic (exact) mass is 413 g/mol. The standard InChI is InChI=1S/C19H20FN7OS/c1-13(16-4-2-3-10-21-16)24-25-18-23-19(27-26-18)29-12-17(28)22-11-9-14-5-7-15(20)8-6-14/h2-8,10H,9,11-12H2,1H3,(H,22,28)(H2,23,25,26,27)/b24-13+. The topological polar surface area (TPSA) is 108 Å². The van der Waals surface area contributed by atoms with E-state index in [0.717, 1.165) is 11.3 Å². The normalized spacial score (nSPS) is 11.3. The van der Waals surface area contributed by atoms with Gasteiger partial charge in [0.2, 0.25) is 17.0 Å². The van der Waals surface area contributed by atoms with Crippen LogP contribution in [0.15, 0.2) is 58.9 Å². The van der Waals surface area contributed by atoms with E-state index in [9.17, 15) is 9.18 Å². The van der Waals surface area contributed by atoms with Gasteiger partial charge in [0.1, 0.15) is 5.82 Å². The smallest absolute Gasteiger partial charge is 0.240 e. The molecule has 0 bridgehead atoms. The van der Waals surface area contributed by atoms with Crippen LogP contribution in [0.4, 0.5) is 10.3 Å². The third-order valence-corrected chi connectivity index (χ3v) is 4.66. The Kier molecular flexibility index (Phi) is 7.28. The number of aromatic amines is 1. The number of nitrogens with zero attached hydrogens (tertiary/aromatic N) is 4. The van der Waals surface area contributed by atoms with Gasteiger partial charge in [-0.25, -0.2) is 14.9 Å². The van der Waals surface area contributed by atoms with E-state index in [1.54, 1.807) is 18.3 Å². The third-order valence-electron chi connectivity index (χ3n) is 3.81. The molecule has 8 nitrogen and oxygen atoms in total. The number of rotatable bonds is 9. The van der Waals surface area contributed by atoms with Crippen molar-refractivity contribution in [1.82, 2.24) is 25.5 Å². The average molecular weight is 413 g/mol. The van der Waals surface area contributed by atoms with Gasteiger partial charge in [-0.05, 0) is 43.2 Å². The van der Waals surface area contributed by atoms with Crippen molar-refractivity contribution in [3.8, 4) is 0 Å². The summed E-state index contributed by atoms with van der Waals surface area (Å²) >= 11 is 1.21. The van der Waals surface area contributed by atoms with E-state index in [1.807, 2.05) is 25.1 Å². The summed E-state index contributed by atoms with van der Waals surface area (Å²) in [5.41, 5.74) is 5.21. The Morgan fingerprint density at radius 2 is 2.07 bits per heavy atom. The first-order valence-electron chi connectivity index (χ1n) is 8.88. The number of carbonyl (C=O) groups is 1. The summed E-state index contributed by atoms with van der Waals surface area (Å²) < 4.78 is 12.9. The predicted octanol–water partition coefficient (Wildman–Crippen LogP) is 2.63. The molecule has 0 saturated heterocycles. The second-order valence-corrected chi connectivity index (χ2v) is 6.95. The van der Waals surface area contributed by atoms with Crippen molar-refractivity contribution in [2.45, 2.75) is 18.5 Å². The summed E-state index contributed by atoms with van der Waals surface area (Å²) in [5.74, 6) is 0.170. The summed E-state index contributed by atoms with van der Waals surface area (Å²) in [6.45, 7) is 2.31. The number of halogens is 1. The predicted molar refractivity (Wildman–Crippen MR) is 110 cm³/mol. The highest BCUT2D eigenvalue weighted by atomic mass is 32.2. The first-order valence-corrected chi connectivity index (χ1v) is 9.87. The second kappa shape index (κ2) is 10.3. The van der Waals surface area contributed by atoms with E-state index < -0.39 is 0 Å². The zero-order valence-corrected chi connectivity index (χ0v) is 16.5. The zero-order valence-electron chi connectivity index (χ0n) is 15.7. The van der Waals surface area contributed by atoms with Gasteiger partial charge in [0.25, 0.3) is 0 Å². The maximum Gasteiger partial charge on any atom is 0.240 e. The van der Waals surface area contributed by atoms with E-state index in [-0.39, 0.29) is 17.5 Å². The highest BCUT2D eigenvalue weighted by Crippen LogP contribution is 2.13. The SMILES string of the molecule is C/C(=N\Nc1nc(SCC(=O)NCCc2ccc(F)cc2)n[nH]1)c1ccccn1. The van der Waals surface area contributed by atoms with Gasteiger partial charge in [-0.2, -0.15) is 10.1 Å². The number of anilines is 1. The van der Waals surface area contributed by atoms with Crippen LogP contribution in [0.2, 0.25) is 0 Å². The maximum absolute atomic E-state index is 12.9. The Balaban J connectivity index is 1.39. The van der Waals surface area contributed by atoms with Crippen molar-refractivity contribution in [3.63, 3.8) is 0 Å². The number of hydrazone groups is 1. The maximum atomic E-state index is 12.9. The Labute approximate surface area is 171 Å². The van der Waals surface area contributed by atoms with Crippen LogP contribution in [0, 0.1) is 5.82 Å². The van der Waals surface area contributed by atoms with Crippen LogP contribution in [-0.4, -0.2) is 44.1 Å². The van der Waals surface area contributed by atoms with E-state index in [2.05, 4.69) is 36.0 Å². The molecule has 0 unspecified atom stereocenters. The summed E-state index contributed by atoms with van der Waals surface area (Å²) in [4.78, 5) is 20.4. The summed E-state index contributed by atoms with van der Waals surface area (Å²) in [6.07, 6.45) is 2.33. The zero-order chi connectivity index (χ0) is 20.5. The number of benzene rings is 1. The summed E-state index contributed by atoms with van der Waals surface area (Å²) in [6, 6.07) is 11.8. The van der Waals surface area contributed by atoms with Crippen LogP contribution in [0.5, 0.6) is 0 Å². The van der Waals surface area contributed by atoms with Gasteiger partial charge >= 0.3 is 0 Å². The van der Waals surface area contributed by atoms with Crippen LogP contribution in [-0.2, 0) is 11.2 Å². The largest absolute Gasteiger partial charge is 0.355 e. The first kappa shape index (κ1) is 20.5. The van der Waals surface area contributed by atoms with E-state index in [1.165, 1.54) is 23.9 Å². The van der Waals surface area contributed by atoms with Crippen molar-refractivity contribution in [2.75, 3.05) is 17.7 Å². The Bertz CT molecular complexity index is 960. The molecule has 0 spiro atoms. The lowest BCUT2D eigenvalue weighted by Crippen LogP contribution is -2.27. The number of amides is 1. The fraction of sp³-hybridized carbons (Fsp3) is 0.211. The molecule has 3 rings (SSSR count). The van der Waals surface area contributed by atoms with Crippen LogP contribution in [0.1, 0.15) is 18.2 Å². The third kappa shape index (κ3) is 6.68. The number of hydrogen-bond acceptors (Lipinski definition) is 7. The molecule has 1 aromatic carbocycles. The quantitative estimate of drug-likeness (QED) is 0.283. The van der Waals surface area contributed by atoms with Crippen molar-refractivity contribution in [1.29, 1.82) is 0 Å². The van der Waals surface area contributed by atoms with Gasteiger partial charge in [0, 0.05) is 12.7 Å². The lowest BCUT2D eigenvalue weighted by Gasteiger charge is -2.04. The highest BCUT2D eigenvalue weighted by molar-refractivity contribution is 7.99. The summed E-state index contributed by atoms with van der Waals surface area (Å²) in [7, 11) is 0. The van der Waals surface area contributed by atoms with E-state index in [0.29, 0.717) is 29.8 Å². The van der Waals surface area contributed by atoms with Gasteiger partial charge in [0.15, 0.2) is 0 Å². The molecular weight excluding hydrogens is 393 g/mol. The molecule has 0 saturated carbocycles. The number of pyridine rings is 1. The minimum Gasteiger partial charge on any atom is -0.355 e. The van der Waals surface area contributed by atoms with Crippen LogP contribution in [0.3, 0.4) is 0 Å². The number of hydrogen-bond donors (Lipinski definition) is 3. The van der Waals surface area contributed by atoms with Gasteiger partial charge in [0.05, 0.1) is 17.2 Å². The number of H-pyrrole nitrogens is 1. The lowest BCUT2D eigenvalue weighted by molar-refractivity contribution is -0.118. The number of thioether (sulfide) groups is 1. The van der Waals surface area contributed by atoms with Crippen molar-refractivity contribution >= 4 is 29.3 Å². The fourth-order valence-corrected chi connectivity index (χ4v) is 2.94. The van der Waals surface area contributed by atoms with Crippen molar-refractivity contribution in [2.24, 2.45) is 5.10 Å². The van der Waals surface area contributed by atoms with Crippen molar-refractivity contribution < 1.29 is 9.18 Å². The molecule has 0 fully saturated rings. The van der Waals surface area contributed by atoms with Gasteiger partial charge < -0.3 is 5.32 Å². The van der Waals surface area contributed by atoms with Crippen molar-refractivity contribution in [3.05, 3.63) is 65.7 Å². The molecule has 150 valence electrons. The minimum absolute atomic E-state index is 0.125. The van der Waals surface area contributed by atoms with E-state index in [4.69, 9.17) is 0 Å². The number of carbonyl (C=O) groups excluding carboxylic acids is 1. The molecule has 0 aliphatic carbocycles. The van der Waals surface area contributed by atoms with Gasteiger partial charge in [-0.1, -0.05) is 30.0 Å². The number of aromatic nitrogens is 4. The molecule has 10 heteroatoms. The molecule has 0 aliphatic rings. The first-order chi connectivity index (χ1) is 14.1. The lowest BCUT2D eigenvalue weighted by atomic mass is 10.1.